The first-order chi connectivity index (χ1) is 16.1. The summed E-state index contributed by atoms with van der Waals surface area (Å²) < 4.78 is 14.5. The molecule has 2 aromatic carbocycles. The molecule has 0 bridgehead atoms. The third kappa shape index (κ3) is 4.75. The third-order valence-corrected chi connectivity index (χ3v) is 8.32. The molecule has 1 aliphatic heterocycles. The van der Waals surface area contributed by atoms with Crippen molar-refractivity contribution in [3.8, 4) is 0 Å². The summed E-state index contributed by atoms with van der Waals surface area (Å²) in [5.74, 6) is 0.212. The van der Waals surface area contributed by atoms with Crippen molar-refractivity contribution in [2.75, 3.05) is 20.1 Å². The number of nitrogens with zero attached hydrogens (tertiary/aromatic N) is 2. The summed E-state index contributed by atoms with van der Waals surface area (Å²) in [4.78, 5) is 17.7. The first-order valence-corrected chi connectivity index (χ1v) is 12.9. The highest BCUT2D eigenvalue weighted by molar-refractivity contribution is 7.08. The molecule has 1 atom stereocenters. The molecule has 5 rings (SSSR count). The Hall–Kier alpha value is -2.50. The highest BCUT2D eigenvalue weighted by atomic mass is 32.1. The van der Waals surface area contributed by atoms with Crippen LogP contribution in [-0.4, -0.2) is 47.9 Å². The summed E-state index contributed by atoms with van der Waals surface area (Å²) in [6.07, 6.45) is 4.89. The molecule has 1 amide bonds. The molecule has 1 aromatic heterocycles. The summed E-state index contributed by atoms with van der Waals surface area (Å²) >= 11 is 1.53. The fraction of sp³-hybridized carbons (Fsp3) is 0.393. The molecule has 2 heterocycles. The molecule has 33 heavy (non-hydrogen) atoms. The number of hydrogen-bond donors (Lipinski definition) is 0. The summed E-state index contributed by atoms with van der Waals surface area (Å²) in [5, 5.41) is 3.84. The molecule has 2 aliphatic rings. The summed E-state index contributed by atoms with van der Waals surface area (Å²) in [5.41, 5.74) is 4.40. The van der Waals surface area contributed by atoms with Crippen LogP contribution in [0.1, 0.15) is 39.9 Å². The van der Waals surface area contributed by atoms with Crippen molar-refractivity contribution in [3.05, 3.63) is 93.4 Å². The Morgan fingerprint density at radius 2 is 1.73 bits per heavy atom. The van der Waals surface area contributed by atoms with Gasteiger partial charge >= 0.3 is 0 Å². The van der Waals surface area contributed by atoms with Crippen LogP contribution in [0.2, 0.25) is 0 Å². The number of benzene rings is 2. The molecule has 0 saturated carbocycles. The molecule has 5 heteroatoms. The summed E-state index contributed by atoms with van der Waals surface area (Å²) in [7, 11) is 1.89. The lowest BCUT2D eigenvalue weighted by Gasteiger charge is -2.42. The van der Waals surface area contributed by atoms with Crippen molar-refractivity contribution >= 4 is 17.2 Å². The Morgan fingerprint density at radius 3 is 2.36 bits per heavy atom. The van der Waals surface area contributed by atoms with E-state index in [4.69, 9.17) is 0 Å². The molecular weight excluding hydrogens is 431 g/mol. The van der Waals surface area contributed by atoms with E-state index in [-0.39, 0.29) is 17.8 Å². The van der Waals surface area contributed by atoms with E-state index in [2.05, 4.69) is 29.2 Å². The van der Waals surface area contributed by atoms with Crippen LogP contribution < -0.4 is 0 Å². The van der Waals surface area contributed by atoms with Gasteiger partial charge in [0.15, 0.2) is 0 Å². The topological polar surface area (TPSA) is 23.6 Å². The van der Waals surface area contributed by atoms with Crippen LogP contribution in [0.25, 0.3) is 0 Å². The smallest absolute Gasteiger partial charge is 0.254 e. The standard InChI is InChI=1S/C28H31FN2OS/c1-30(28(32)24-12-15-33-19-24)27(18-23-8-4-5-9-26(23)29)20-10-13-31(14-11-20)25-16-21-6-2-3-7-22(21)17-25/h2-9,12,15,19-20,25,27H,10-11,13-14,16-18H2,1H3. The zero-order valence-corrected chi connectivity index (χ0v) is 19.9. The lowest BCUT2D eigenvalue weighted by Crippen LogP contribution is -2.49. The second kappa shape index (κ2) is 9.78. The van der Waals surface area contributed by atoms with E-state index in [1.165, 1.54) is 28.5 Å². The van der Waals surface area contributed by atoms with Gasteiger partial charge in [0, 0.05) is 24.5 Å². The average Bonchev–Trinajstić information content (AvgIpc) is 3.53. The van der Waals surface area contributed by atoms with Gasteiger partial charge in [0.25, 0.3) is 5.91 Å². The number of fused-ring (bicyclic) bond motifs is 1. The number of rotatable bonds is 6. The van der Waals surface area contributed by atoms with E-state index in [1.807, 2.05) is 40.9 Å². The zero-order valence-electron chi connectivity index (χ0n) is 19.1. The van der Waals surface area contributed by atoms with Gasteiger partial charge in [-0.25, -0.2) is 4.39 Å². The molecule has 1 unspecified atom stereocenters. The van der Waals surface area contributed by atoms with Crippen molar-refractivity contribution in [2.45, 2.75) is 44.2 Å². The normalized spacial score (nSPS) is 18.2. The van der Waals surface area contributed by atoms with Gasteiger partial charge in [0.1, 0.15) is 5.82 Å². The van der Waals surface area contributed by atoms with E-state index in [9.17, 15) is 9.18 Å². The average molecular weight is 463 g/mol. The second-order valence-corrected chi connectivity index (χ2v) is 10.3. The fourth-order valence-electron chi connectivity index (χ4n) is 5.71. The molecular formula is C28H31FN2OS. The van der Waals surface area contributed by atoms with Gasteiger partial charge in [0.2, 0.25) is 0 Å². The Balaban J connectivity index is 1.30. The molecule has 0 radical (unpaired) electrons. The molecule has 172 valence electrons. The number of carbonyl (C=O) groups is 1. The second-order valence-electron chi connectivity index (χ2n) is 9.50. The van der Waals surface area contributed by atoms with Crippen LogP contribution >= 0.6 is 11.3 Å². The van der Waals surface area contributed by atoms with Gasteiger partial charge in [-0.1, -0.05) is 42.5 Å². The maximum absolute atomic E-state index is 14.5. The molecule has 0 N–H and O–H groups in total. The number of thiophene rings is 1. The first kappa shape index (κ1) is 22.3. The van der Waals surface area contributed by atoms with Crippen molar-refractivity contribution in [2.24, 2.45) is 5.92 Å². The van der Waals surface area contributed by atoms with Gasteiger partial charge in [0.05, 0.1) is 5.56 Å². The molecule has 1 fully saturated rings. The minimum absolute atomic E-state index is 0.0165. The van der Waals surface area contributed by atoms with E-state index >= 15 is 0 Å². The van der Waals surface area contributed by atoms with E-state index < -0.39 is 0 Å². The van der Waals surface area contributed by atoms with Gasteiger partial charge in [-0.15, -0.1) is 0 Å². The van der Waals surface area contributed by atoms with Crippen LogP contribution in [0.4, 0.5) is 4.39 Å². The molecule has 0 spiro atoms. The maximum atomic E-state index is 14.5. The largest absolute Gasteiger partial charge is 0.338 e. The predicted octanol–water partition coefficient (Wildman–Crippen LogP) is 5.45. The van der Waals surface area contributed by atoms with Crippen LogP contribution in [0, 0.1) is 11.7 Å². The SMILES string of the molecule is CN(C(=O)c1ccsc1)C(Cc1ccccc1F)C1CCN(C2Cc3ccccc3C2)CC1. The number of carbonyl (C=O) groups excluding carboxylic acids is 1. The van der Waals surface area contributed by atoms with Crippen molar-refractivity contribution in [1.29, 1.82) is 0 Å². The zero-order chi connectivity index (χ0) is 22.8. The predicted molar refractivity (Wildman–Crippen MR) is 132 cm³/mol. The molecule has 1 saturated heterocycles. The van der Waals surface area contributed by atoms with Crippen molar-refractivity contribution in [1.82, 2.24) is 9.80 Å². The van der Waals surface area contributed by atoms with Gasteiger partial charge in [-0.2, -0.15) is 11.3 Å². The lowest BCUT2D eigenvalue weighted by atomic mass is 9.84. The Morgan fingerprint density at radius 1 is 1.06 bits per heavy atom. The number of likely N-dealkylation sites (N-methyl/N-ethyl adjacent to an activating group) is 1. The number of piperidine rings is 1. The molecule has 3 aromatic rings. The van der Waals surface area contributed by atoms with E-state index in [0.29, 0.717) is 23.9 Å². The van der Waals surface area contributed by atoms with Crippen LogP contribution in [-0.2, 0) is 19.3 Å². The lowest BCUT2D eigenvalue weighted by molar-refractivity contribution is 0.0547. The van der Waals surface area contributed by atoms with Crippen LogP contribution in [0.3, 0.4) is 0 Å². The van der Waals surface area contributed by atoms with Gasteiger partial charge in [-0.3, -0.25) is 9.69 Å². The summed E-state index contributed by atoms with van der Waals surface area (Å²) in [6.45, 7) is 2.08. The van der Waals surface area contributed by atoms with Crippen LogP contribution in [0.5, 0.6) is 0 Å². The van der Waals surface area contributed by atoms with E-state index in [0.717, 1.165) is 44.3 Å². The van der Waals surface area contributed by atoms with Gasteiger partial charge < -0.3 is 4.90 Å². The van der Waals surface area contributed by atoms with Crippen LogP contribution in [0.15, 0.2) is 65.4 Å². The Kier molecular flexibility index (Phi) is 6.61. The Labute approximate surface area is 199 Å². The monoisotopic (exact) mass is 462 g/mol. The fourth-order valence-corrected chi connectivity index (χ4v) is 6.34. The van der Waals surface area contributed by atoms with Crippen molar-refractivity contribution in [3.63, 3.8) is 0 Å². The van der Waals surface area contributed by atoms with E-state index in [1.54, 1.807) is 6.07 Å². The number of halogens is 1. The minimum atomic E-state index is -0.181. The highest BCUT2D eigenvalue weighted by Gasteiger charge is 2.35. The molecule has 1 aliphatic carbocycles. The number of likely N-dealkylation sites (tertiary alicyclic amines) is 1. The minimum Gasteiger partial charge on any atom is -0.338 e. The quantitative estimate of drug-likeness (QED) is 0.486. The number of amides is 1. The number of hydrogen-bond acceptors (Lipinski definition) is 3. The molecule has 3 nitrogen and oxygen atoms in total. The van der Waals surface area contributed by atoms with Crippen molar-refractivity contribution < 1.29 is 9.18 Å². The first-order valence-electron chi connectivity index (χ1n) is 11.9. The highest BCUT2D eigenvalue weighted by Crippen LogP contribution is 2.32. The third-order valence-electron chi connectivity index (χ3n) is 7.64. The maximum Gasteiger partial charge on any atom is 0.254 e. The Bertz CT molecular complexity index is 1070. The van der Waals surface area contributed by atoms with Gasteiger partial charge in [-0.05, 0) is 85.3 Å². The summed E-state index contributed by atoms with van der Waals surface area (Å²) in [6, 6.07) is 18.2.